The van der Waals surface area contributed by atoms with E-state index in [0.29, 0.717) is 5.69 Å². The second-order valence-electron chi connectivity index (χ2n) is 2.47. The lowest BCUT2D eigenvalue weighted by atomic mass is 10.3. The highest BCUT2D eigenvalue weighted by Crippen LogP contribution is 2.11. The largest absolute Gasteiger partial charge is 0.477 e. The zero-order valence-corrected chi connectivity index (χ0v) is 6.91. The highest BCUT2D eigenvalue weighted by atomic mass is 16.5. The van der Waals surface area contributed by atoms with Gasteiger partial charge in [-0.2, -0.15) is 4.98 Å². The fraction of sp³-hybridized carbons (Fsp3) is 0. The average molecular weight is 191 g/mol. The zero-order chi connectivity index (χ0) is 9.97. The van der Waals surface area contributed by atoms with Crippen molar-refractivity contribution in [2.24, 2.45) is 0 Å². The quantitative estimate of drug-likeness (QED) is 0.756. The molecule has 0 saturated carbocycles. The van der Waals surface area contributed by atoms with Gasteiger partial charge in [-0.05, 0) is 12.1 Å². The minimum absolute atomic E-state index is 0.0488. The number of hydrogen-bond acceptors (Lipinski definition) is 5. The Morgan fingerprint density at radius 2 is 2.29 bits per heavy atom. The maximum Gasteiger partial charge on any atom is 0.354 e. The molecule has 0 aliphatic heterocycles. The first-order valence-electron chi connectivity index (χ1n) is 3.74. The molecule has 1 N–H and O–H groups in total. The third-order valence-electron chi connectivity index (χ3n) is 1.56. The summed E-state index contributed by atoms with van der Waals surface area (Å²) < 4.78 is 4.52. The van der Waals surface area contributed by atoms with Crippen molar-refractivity contribution in [1.82, 2.24) is 15.1 Å². The highest BCUT2D eigenvalue weighted by Gasteiger charge is 2.08. The Morgan fingerprint density at radius 1 is 1.43 bits per heavy atom. The molecule has 0 aliphatic rings. The van der Waals surface area contributed by atoms with Gasteiger partial charge in [0.25, 0.3) is 0 Å². The summed E-state index contributed by atoms with van der Waals surface area (Å²) in [6.45, 7) is 0. The second kappa shape index (κ2) is 3.25. The highest BCUT2D eigenvalue weighted by molar-refractivity contribution is 5.85. The summed E-state index contributed by atoms with van der Waals surface area (Å²) in [5.41, 5.74) is 0.325. The fourth-order valence-electron chi connectivity index (χ4n) is 0.962. The van der Waals surface area contributed by atoms with Crippen LogP contribution in [0.5, 0.6) is 0 Å². The number of carboxylic acid groups (broad SMARTS) is 1. The van der Waals surface area contributed by atoms with E-state index in [1.54, 1.807) is 12.1 Å². The molecule has 0 saturated heterocycles. The van der Waals surface area contributed by atoms with Gasteiger partial charge in [-0.25, -0.2) is 9.78 Å². The standard InChI is InChI=1S/C8H5N3O3/c12-8(13)6-3-1-2-5(10-6)7-9-4-14-11-7/h1-4H,(H,12,13). The summed E-state index contributed by atoms with van der Waals surface area (Å²) in [4.78, 5) is 18.2. The van der Waals surface area contributed by atoms with Crippen LogP contribution in [0.15, 0.2) is 29.1 Å². The maximum absolute atomic E-state index is 10.6. The lowest BCUT2D eigenvalue weighted by Crippen LogP contribution is -2.00. The Morgan fingerprint density at radius 3 is 2.93 bits per heavy atom. The SMILES string of the molecule is O=C(O)c1cccc(-c2ncon2)n1. The number of pyridine rings is 1. The zero-order valence-electron chi connectivity index (χ0n) is 6.91. The van der Waals surface area contributed by atoms with Gasteiger partial charge in [0.05, 0.1) is 0 Å². The number of aromatic nitrogens is 3. The van der Waals surface area contributed by atoms with E-state index < -0.39 is 5.97 Å². The Balaban J connectivity index is 2.46. The van der Waals surface area contributed by atoms with E-state index in [0.717, 1.165) is 6.39 Å². The third-order valence-corrected chi connectivity index (χ3v) is 1.56. The Hall–Kier alpha value is -2.24. The summed E-state index contributed by atoms with van der Waals surface area (Å²) in [6.07, 6.45) is 1.16. The van der Waals surface area contributed by atoms with Gasteiger partial charge in [-0.1, -0.05) is 11.2 Å². The summed E-state index contributed by atoms with van der Waals surface area (Å²) in [5, 5.41) is 12.2. The molecule has 0 aliphatic carbocycles. The molecule has 0 spiro atoms. The first-order chi connectivity index (χ1) is 6.77. The molecule has 0 aromatic carbocycles. The van der Waals surface area contributed by atoms with E-state index >= 15 is 0 Å². The molecule has 6 nitrogen and oxygen atoms in total. The van der Waals surface area contributed by atoms with Crippen molar-refractivity contribution < 1.29 is 14.4 Å². The molecule has 2 aromatic rings. The lowest BCUT2D eigenvalue weighted by Gasteiger charge is -1.95. The normalized spacial score (nSPS) is 10.0. The van der Waals surface area contributed by atoms with Crippen molar-refractivity contribution in [2.75, 3.05) is 0 Å². The van der Waals surface area contributed by atoms with Gasteiger partial charge in [0, 0.05) is 0 Å². The van der Waals surface area contributed by atoms with E-state index in [9.17, 15) is 4.79 Å². The van der Waals surface area contributed by atoms with Gasteiger partial charge in [0.15, 0.2) is 0 Å². The van der Waals surface area contributed by atoms with E-state index in [2.05, 4.69) is 19.6 Å². The summed E-state index contributed by atoms with van der Waals surface area (Å²) in [7, 11) is 0. The number of carboxylic acids is 1. The Kier molecular flexibility index (Phi) is 1.94. The van der Waals surface area contributed by atoms with Crippen LogP contribution in [0.2, 0.25) is 0 Å². The van der Waals surface area contributed by atoms with Crippen LogP contribution in [0, 0.1) is 0 Å². The number of rotatable bonds is 2. The van der Waals surface area contributed by atoms with Gasteiger partial charge >= 0.3 is 5.97 Å². The number of aromatic carboxylic acids is 1. The number of carbonyl (C=O) groups is 1. The molecule has 2 rings (SSSR count). The summed E-state index contributed by atoms with van der Waals surface area (Å²) in [6, 6.07) is 4.57. The predicted octanol–water partition coefficient (Wildman–Crippen LogP) is 0.830. The van der Waals surface area contributed by atoms with Crippen LogP contribution in [0.25, 0.3) is 11.5 Å². The first kappa shape index (κ1) is 8.36. The van der Waals surface area contributed by atoms with Crippen molar-refractivity contribution in [2.45, 2.75) is 0 Å². The van der Waals surface area contributed by atoms with Gasteiger partial charge in [0.2, 0.25) is 12.2 Å². The Labute approximate surface area is 78.2 Å². The third kappa shape index (κ3) is 1.45. The van der Waals surface area contributed by atoms with E-state index in [1.807, 2.05) is 0 Å². The van der Waals surface area contributed by atoms with Crippen molar-refractivity contribution in [3.05, 3.63) is 30.3 Å². The van der Waals surface area contributed by atoms with Crippen LogP contribution >= 0.6 is 0 Å². The molecule has 70 valence electrons. The molecule has 14 heavy (non-hydrogen) atoms. The van der Waals surface area contributed by atoms with Crippen LogP contribution in [0.4, 0.5) is 0 Å². The van der Waals surface area contributed by atoms with Gasteiger partial charge in [-0.15, -0.1) is 0 Å². The average Bonchev–Trinajstić information content (AvgIpc) is 2.71. The molecule has 2 aromatic heterocycles. The molecular formula is C8H5N3O3. The topological polar surface area (TPSA) is 89.1 Å². The van der Waals surface area contributed by atoms with Gasteiger partial charge < -0.3 is 9.63 Å². The molecule has 0 unspecified atom stereocenters. The molecular weight excluding hydrogens is 186 g/mol. The monoisotopic (exact) mass is 191 g/mol. The fourth-order valence-corrected chi connectivity index (χ4v) is 0.962. The van der Waals surface area contributed by atoms with E-state index in [4.69, 9.17) is 5.11 Å². The van der Waals surface area contributed by atoms with Crippen molar-refractivity contribution in [1.29, 1.82) is 0 Å². The van der Waals surface area contributed by atoms with Crippen LogP contribution in [-0.4, -0.2) is 26.2 Å². The number of nitrogens with zero attached hydrogens (tertiary/aromatic N) is 3. The van der Waals surface area contributed by atoms with E-state index in [-0.39, 0.29) is 11.5 Å². The molecule has 0 radical (unpaired) electrons. The molecule has 6 heteroatoms. The van der Waals surface area contributed by atoms with Crippen LogP contribution in [-0.2, 0) is 0 Å². The van der Waals surface area contributed by atoms with Gasteiger partial charge in [0.1, 0.15) is 11.4 Å². The van der Waals surface area contributed by atoms with Crippen LogP contribution in [0.1, 0.15) is 10.5 Å². The van der Waals surface area contributed by atoms with E-state index in [1.165, 1.54) is 6.07 Å². The minimum Gasteiger partial charge on any atom is -0.477 e. The van der Waals surface area contributed by atoms with Crippen molar-refractivity contribution in [3.63, 3.8) is 0 Å². The Bertz CT molecular complexity index is 453. The predicted molar refractivity (Wildman–Crippen MR) is 44.5 cm³/mol. The second-order valence-corrected chi connectivity index (χ2v) is 2.47. The molecule has 0 atom stereocenters. The molecule has 0 bridgehead atoms. The number of hydrogen-bond donors (Lipinski definition) is 1. The first-order valence-corrected chi connectivity index (χ1v) is 3.74. The minimum atomic E-state index is -1.09. The summed E-state index contributed by atoms with van der Waals surface area (Å²) >= 11 is 0. The maximum atomic E-state index is 10.6. The molecule has 0 fully saturated rings. The van der Waals surface area contributed by atoms with Crippen LogP contribution < -0.4 is 0 Å². The smallest absolute Gasteiger partial charge is 0.354 e. The summed E-state index contributed by atoms with van der Waals surface area (Å²) in [5.74, 6) is -0.816. The van der Waals surface area contributed by atoms with Crippen LogP contribution in [0.3, 0.4) is 0 Å². The lowest BCUT2D eigenvalue weighted by molar-refractivity contribution is 0.0690. The molecule has 0 amide bonds. The van der Waals surface area contributed by atoms with Crippen molar-refractivity contribution in [3.8, 4) is 11.5 Å². The van der Waals surface area contributed by atoms with Gasteiger partial charge in [-0.3, -0.25) is 0 Å². The van der Waals surface area contributed by atoms with Crippen molar-refractivity contribution >= 4 is 5.97 Å². The molecule has 2 heterocycles.